The maximum Gasteiger partial charge on any atom is 0.200 e. The molecule has 2 unspecified atom stereocenters. The molecule has 1 N–H and O–H groups in total. The number of nitrogens with one attached hydrogen (secondary N) is 1. The lowest BCUT2D eigenvalue weighted by Crippen LogP contribution is -2.55. The second-order valence-electron chi connectivity index (χ2n) is 4.71. The zero-order valence-electron chi connectivity index (χ0n) is 8.70. The van der Waals surface area contributed by atoms with Gasteiger partial charge >= 0.3 is 0 Å². The van der Waals surface area contributed by atoms with E-state index in [9.17, 15) is 4.79 Å². The van der Waals surface area contributed by atoms with E-state index in [4.69, 9.17) is 0 Å². The molecule has 2 bridgehead atoms. The molecule has 15 heavy (non-hydrogen) atoms. The Labute approximate surface area is 88.9 Å². The number of ketones is 1. The van der Waals surface area contributed by atoms with Crippen LogP contribution in [0.15, 0.2) is 9.98 Å². The smallest absolute Gasteiger partial charge is 0.200 e. The minimum atomic E-state index is -0.105. The zero-order valence-corrected chi connectivity index (χ0v) is 8.70. The Kier molecular flexibility index (Phi) is 1.99. The molecule has 2 fully saturated rings. The van der Waals surface area contributed by atoms with Crippen molar-refractivity contribution in [2.75, 3.05) is 6.54 Å². The van der Waals surface area contributed by atoms with Crippen LogP contribution < -0.4 is 5.32 Å². The second-order valence-corrected chi connectivity index (χ2v) is 4.71. The van der Waals surface area contributed by atoms with Crippen molar-refractivity contribution >= 4 is 17.8 Å². The molecule has 3 heterocycles. The summed E-state index contributed by atoms with van der Waals surface area (Å²) < 4.78 is 0. The highest BCUT2D eigenvalue weighted by molar-refractivity contribution is 6.45. The number of nitrogens with zero attached hydrogens (tertiary/aromatic N) is 2. The van der Waals surface area contributed by atoms with Gasteiger partial charge < -0.3 is 5.32 Å². The normalized spacial score (nSPS) is 39.3. The van der Waals surface area contributed by atoms with Crippen LogP contribution in [0.2, 0.25) is 0 Å². The van der Waals surface area contributed by atoms with Crippen LogP contribution in [0, 0.1) is 0 Å². The molecule has 0 radical (unpaired) electrons. The Morgan fingerprint density at radius 2 is 2.33 bits per heavy atom. The third kappa shape index (κ3) is 1.35. The van der Waals surface area contributed by atoms with Crippen LogP contribution in [0.25, 0.3) is 0 Å². The van der Waals surface area contributed by atoms with Gasteiger partial charge in [-0.2, -0.15) is 0 Å². The molecule has 0 amide bonds. The third-order valence-corrected chi connectivity index (χ3v) is 3.78. The highest BCUT2D eigenvalue weighted by Gasteiger charge is 2.47. The minimum absolute atomic E-state index is 0.104. The summed E-state index contributed by atoms with van der Waals surface area (Å²) in [5.41, 5.74) is 0.631. The van der Waals surface area contributed by atoms with Crippen molar-refractivity contribution in [3.05, 3.63) is 0 Å². The van der Waals surface area contributed by atoms with Gasteiger partial charge in [-0.25, -0.2) is 4.99 Å². The Morgan fingerprint density at radius 1 is 1.40 bits per heavy atom. The molecular weight excluding hydrogens is 190 g/mol. The van der Waals surface area contributed by atoms with Crippen molar-refractivity contribution in [2.45, 2.75) is 43.7 Å². The summed E-state index contributed by atoms with van der Waals surface area (Å²) in [6, 6.07) is 0.605. The van der Waals surface area contributed by atoms with E-state index in [-0.39, 0.29) is 17.9 Å². The van der Waals surface area contributed by atoms with Gasteiger partial charge in [0, 0.05) is 6.04 Å². The Bertz CT molecular complexity index is 357. The van der Waals surface area contributed by atoms with Crippen LogP contribution in [0.4, 0.5) is 0 Å². The molecule has 4 nitrogen and oxygen atoms in total. The van der Waals surface area contributed by atoms with Crippen molar-refractivity contribution in [3.8, 4) is 0 Å². The van der Waals surface area contributed by atoms with Gasteiger partial charge in [0.1, 0.15) is 18.6 Å². The fourth-order valence-electron chi connectivity index (χ4n) is 3.08. The average molecular weight is 205 g/mol. The van der Waals surface area contributed by atoms with Crippen LogP contribution in [0.3, 0.4) is 0 Å². The van der Waals surface area contributed by atoms with Crippen LogP contribution >= 0.6 is 0 Å². The lowest BCUT2D eigenvalue weighted by molar-refractivity contribution is -0.112. The first kappa shape index (κ1) is 9.21. The van der Waals surface area contributed by atoms with E-state index < -0.39 is 0 Å². The number of rotatable bonds is 1. The van der Waals surface area contributed by atoms with Gasteiger partial charge in [0.25, 0.3) is 0 Å². The van der Waals surface area contributed by atoms with Gasteiger partial charge in [0.2, 0.25) is 0 Å². The number of piperidine rings is 1. The second kappa shape index (κ2) is 3.23. The monoisotopic (exact) mass is 205 g/mol. The molecule has 4 heteroatoms. The average Bonchev–Trinajstić information content (AvgIpc) is 2.56. The summed E-state index contributed by atoms with van der Waals surface area (Å²) in [7, 11) is 0. The highest BCUT2D eigenvalue weighted by atomic mass is 16.1. The molecule has 3 rings (SSSR count). The van der Waals surface area contributed by atoms with Crippen LogP contribution in [-0.4, -0.2) is 36.0 Å². The largest absolute Gasteiger partial charge is 0.303 e. The van der Waals surface area contributed by atoms with Crippen molar-refractivity contribution < 1.29 is 4.79 Å². The molecular formula is C11H15N3O. The predicted molar refractivity (Wildman–Crippen MR) is 58.5 cm³/mol. The van der Waals surface area contributed by atoms with Gasteiger partial charge in [-0.3, -0.25) is 9.79 Å². The van der Waals surface area contributed by atoms with Gasteiger partial charge in [-0.15, -0.1) is 0 Å². The summed E-state index contributed by atoms with van der Waals surface area (Å²) in [6.45, 7) is 0.285. The maximum atomic E-state index is 11.8. The van der Waals surface area contributed by atoms with E-state index in [1.54, 1.807) is 0 Å². The lowest BCUT2D eigenvalue weighted by Gasteiger charge is -2.35. The maximum absolute atomic E-state index is 11.8. The minimum Gasteiger partial charge on any atom is -0.303 e. The summed E-state index contributed by atoms with van der Waals surface area (Å²) in [5.74, 6) is 0.104. The number of carbonyl (C=O) groups is 1. The van der Waals surface area contributed by atoms with Crippen LogP contribution in [-0.2, 0) is 4.79 Å². The van der Waals surface area contributed by atoms with E-state index in [1.807, 2.05) is 0 Å². The zero-order chi connectivity index (χ0) is 10.3. The number of hydrogen-bond donors (Lipinski definition) is 1. The number of Topliss-reactive ketones (excluding diaryl/α,β-unsaturated/α-hetero) is 1. The van der Waals surface area contributed by atoms with E-state index in [2.05, 4.69) is 15.3 Å². The standard InChI is InChI=1S/C11H15N3O/c15-9-6-12-7-13-10(9)11-4-1-2-8(14-11)3-5-11/h7-8,14H,1-6H2. The molecule has 2 saturated heterocycles. The molecule has 0 aromatic rings. The SMILES string of the molecule is O=C1CN=CN=C1C12CCCC(CC1)N2. The third-order valence-electron chi connectivity index (χ3n) is 3.78. The Morgan fingerprint density at radius 3 is 3.20 bits per heavy atom. The van der Waals surface area contributed by atoms with Gasteiger partial charge in [0.05, 0.1) is 5.54 Å². The fraction of sp³-hybridized carbons (Fsp3) is 0.727. The quantitative estimate of drug-likeness (QED) is 0.685. The summed E-state index contributed by atoms with van der Waals surface area (Å²) in [4.78, 5) is 19.9. The topological polar surface area (TPSA) is 53.8 Å². The van der Waals surface area contributed by atoms with Crippen molar-refractivity contribution in [3.63, 3.8) is 0 Å². The van der Waals surface area contributed by atoms with E-state index >= 15 is 0 Å². The van der Waals surface area contributed by atoms with Crippen molar-refractivity contribution in [1.29, 1.82) is 0 Å². The van der Waals surface area contributed by atoms with Crippen molar-refractivity contribution in [2.24, 2.45) is 9.98 Å². The molecule has 80 valence electrons. The van der Waals surface area contributed by atoms with Gasteiger partial charge in [-0.05, 0) is 32.1 Å². The fourth-order valence-corrected chi connectivity index (χ4v) is 3.08. The Hall–Kier alpha value is -1.03. The molecule has 2 atom stereocenters. The lowest BCUT2D eigenvalue weighted by atomic mass is 9.83. The van der Waals surface area contributed by atoms with E-state index in [0.717, 1.165) is 18.6 Å². The first-order chi connectivity index (χ1) is 7.30. The molecule has 3 aliphatic rings. The summed E-state index contributed by atoms with van der Waals surface area (Å²) in [5, 5.41) is 3.59. The summed E-state index contributed by atoms with van der Waals surface area (Å²) in [6.07, 6.45) is 7.30. The van der Waals surface area contributed by atoms with E-state index in [1.165, 1.54) is 25.6 Å². The number of aliphatic imine (C=N–C) groups is 2. The van der Waals surface area contributed by atoms with Gasteiger partial charge in [0.15, 0.2) is 5.78 Å². The molecule has 0 aromatic carbocycles. The highest BCUT2D eigenvalue weighted by Crippen LogP contribution is 2.37. The van der Waals surface area contributed by atoms with E-state index in [0.29, 0.717) is 6.04 Å². The summed E-state index contributed by atoms with van der Waals surface area (Å²) >= 11 is 0. The first-order valence-electron chi connectivity index (χ1n) is 5.68. The number of hydrogen-bond acceptors (Lipinski definition) is 4. The van der Waals surface area contributed by atoms with Crippen molar-refractivity contribution in [1.82, 2.24) is 5.32 Å². The predicted octanol–water partition coefficient (Wildman–Crippen LogP) is 0.713. The van der Waals surface area contributed by atoms with Gasteiger partial charge in [-0.1, -0.05) is 0 Å². The molecule has 0 aliphatic carbocycles. The number of carbonyl (C=O) groups excluding carboxylic acids is 1. The molecule has 0 aromatic heterocycles. The molecule has 0 spiro atoms. The first-order valence-corrected chi connectivity index (χ1v) is 5.68. The van der Waals surface area contributed by atoms with Crippen LogP contribution in [0.5, 0.6) is 0 Å². The Balaban J connectivity index is 1.95. The van der Waals surface area contributed by atoms with Crippen LogP contribution in [0.1, 0.15) is 32.1 Å². The molecule has 3 aliphatic heterocycles. The number of fused-ring (bicyclic) bond motifs is 2. The molecule has 0 saturated carbocycles.